The zero-order valence-corrected chi connectivity index (χ0v) is 11.7. The van der Waals surface area contributed by atoms with Gasteiger partial charge in [0.15, 0.2) is 0 Å². The Balaban J connectivity index is 2.09. The molecule has 104 valence electrons. The molecule has 4 heteroatoms. The highest BCUT2D eigenvalue weighted by Gasteiger charge is 2.05. The number of methoxy groups -OCH3 is 1. The summed E-state index contributed by atoms with van der Waals surface area (Å²) in [7, 11) is 1.72. The summed E-state index contributed by atoms with van der Waals surface area (Å²) in [5, 5.41) is 4.67. The SMILES string of the molecule is CCOCn1ccc2c(CNCCOC)cccc21. The van der Waals surface area contributed by atoms with Crippen LogP contribution in [0.4, 0.5) is 0 Å². The number of rotatable bonds is 8. The lowest BCUT2D eigenvalue weighted by Crippen LogP contribution is -2.18. The molecule has 2 rings (SSSR count). The van der Waals surface area contributed by atoms with E-state index >= 15 is 0 Å². The molecule has 0 bridgehead atoms. The maximum atomic E-state index is 5.47. The van der Waals surface area contributed by atoms with Gasteiger partial charge in [-0.25, -0.2) is 0 Å². The fourth-order valence-corrected chi connectivity index (χ4v) is 2.14. The smallest absolute Gasteiger partial charge is 0.122 e. The molecule has 0 fully saturated rings. The van der Waals surface area contributed by atoms with Gasteiger partial charge in [-0.05, 0) is 24.6 Å². The van der Waals surface area contributed by atoms with E-state index in [9.17, 15) is 0 Å². The average Bonchev–Trinajstić information content (AvgIpc) is 2.85. The minimum absolute atomic E-state index is 0.612. The van der Waals surface area contributed by atoms with Crippen LogP contribution in [0.3, 0.4) is 0 Å². The first-order valence-corrected chi connectivity index (χ1v) is 6.71. The van der Waals surface area contributed by atoms with Gasteiger partial charge in [0.05, 0.1) is 12.1 Å². The lowest BCUT2D eigenvalue weighted by Gasteiger charge is -2.08. The second-order valence-corrected chi connectivity index (χ2v) is 4.43. The van der Waals surface area contributed by atoms with Crippen LogP contribution in [0, 0.1) is 0 Å². The second kappa shape index (κ2) is 7.28. The van der Waals surface area contributed by atoms with Gasteiger partial charge in [-0.2, -0.15) is 0 Å². The van der Waals surface area contributed by atoms with Gasteiger partial charge in [0, 0.05) is 38.4 Å². The van der Waals surface area contributed by atoms with Crippen molar-refractivity contribution in [2.24, 2.45) is 0 Å². The van der Waals surface area contributed by atoms with Crippen molar-refractivity contribution in [2.45, 2.75) is 20.2 Å². The fourth-order valence-electron chi connectivity index (χ4n) is 2.14. The Kier molecular flexibility index (Phi) is 5.39. The first-order chi connectivity index (χ1) is 9.36. The van der Waals surface area contributed by atoms with Gasteiger partial charge in [0.1, 0.15) is 6.73 Å². The third kappa shape index (κ3) is 3.56. The Labute approximate surface area is 114 Å². The molecular formula is C15H22N2O2. The molecule has 4 nitrogen and oxygen atoms in total. The molecule has 0 unspecified atom stereocenters. The molecule has 2 aromatic rings. The minimum atomic E-state index is 0.612. The van der Waals surface area contributed by atoms with Gasteiger partial charge in [-0.15, -0.1) is 0 Å². The molecule has 0 radical (unpaired) electrons. The van der Waals surface area contributed by atoms with Crippen LogP contribution in [-0.4, -0.2) is 31.4 Å². The molecule has 0 spiro atoms. The molecule has 0 saturated heterocycles. The van der Waals surface area contributed by atoms with Crippen LogP contribution < -0.4 is 5.32 Å². The molecule has 1 heterocycles. The van der Waals surface area contributed by atoms with Crippen molar-refractivity contribution in [3.63, 3.8) is 0 Å². The van der Waals surface area contributed by atoms with Crippen LogP contribution in [0.2, 0.25) is 0 Å². The highest BCUT2D eigenvalue weighted by atomic mass is 16.5. The van der Waals surface area contributed by atoms with Gasteiger partial charge < -0.3 is 19.4 Å². The zero-order chi connectivity index (χ0) is 13.5. The van der Waals surface area contributed by atoms with Crippen LogP contribution in [0.15, 0.2) is 30.5 Å². The molecule has 0 aliphatic rings. The van der Waals surface area contributed by atoms with Gasteiger partial charge in [-0.3, -0.25) is 0 Å². The van der Waals surface area contributed by atoms with Gasteiger partial charge in [-0.1, -0.05) is 12.1 Å². The van der Waals surface area contributed by atoms with Crippen molar-refractivity contribution < 1.29 is 9.47 Å². The molecule has 0 atom stereocenters. The molecule has 1 N–H and O–H groups in total. The number of nitrogens with one attached hydrogen (secondary N) is 1. The van der Waals surface area contributed by atoms with Gasteiger partial charge in [0.25, 0.3) is 0 Å². The Morgan fingerprint density at radius 3 is 2.95 bits per heavy atom. The standard InChI is InChI=1S/C15H22N2O2/c1-3-19-12-17-9-7-14-13(5-4-6-15(14)17)11-16-8-10-18-2/h4-7,9,16H,3,8,10-12H2,1-2H3. The summed E-state index contributed by atoms with van der Waals surface area (Å²) in [6.45, 7) is 5.82. The predicted molar refractivity (Wildman–Crippen MR) is 77.1 cm³/mol. The Hall–Kier alpha value is -1.36. The van der Waals surface area contributed by atoms with Crippen LogP contribution in [0.5, 0.6) is 0 Å². The molecule has 1 aromatic carbocycles. The van der Waals surface area contributed by atoms with Crippen molar-refractivity contribution >= 4 is 10.9 Å². The normalized spacial score (nSPS) is 11.3. The molecule has 1 aromatic heterocycles. The fraction of sp³-hybridized carbons (Fsp3) is 0.467. The van der Waals surface area contributed by atoms with E-state index in [2.05, 4.69) is 40.3 Å². The first-order valence-electron chi connectivity index (χ1n) is 6.71. The number of aromatic nitrogens is 1. The number of fused-ring (bicyclic) bond motifs is 1. The Morgan fingerprint density at radius 2 is 2.16 bits per heavy atom. The van der Waals surface area contributed by atoms with E-state index < -0.39 is 0 Å². The van der Waals surface area contributed by atoms with E-state index in [0.29, 0.717) is 6.73 Å². The van der Waals surface area contributed by atoms with Crippen molar-refractivity contribution in [1.82, 2.24) is 9.88 Å². The molecule has 0 saturated carbocycles. The highest BCUT2D eigenvalue weighted by molar-refractivity contribution is 5.83. The number of benzene rings is 1. The van der Waals surface area contributed by atoms with Crippen LogP contribution in [0.25, 0.3) is 10.9 Å². The maximum absolute atomic E-state index is 5.47. The van der Waals surface area contributed by atoms with Crippen LogP contribution >= 0.6 is 0 Å². The third-order valence-corrected chi connectivity index (χ3v) is 3.14. The van der Waals surface area contributed by atoms with E-state index in [1.54, 1.807) is 7.11 Å². The summed E-state index contributed by atoms with van der Waals surface area (Å²) in [6.07, 6.45) is 2.08. The third-order valence-electron chi connectivity index (χ3n) is 3.14. The number of ether oxygens (including phenoxy) is 2. The van der Waals surface area contributed by atoms with Crippen molar-refractivity contribution in [3.8, 4) is 0 Å². The quantitative estimate of drug-likeness (QED) is 0.742. The number of hydrogen-bond acceptors (Lipinski definition) is 3. The topological polar surface area (TPSA) is 35.4 Å². The van der Waals surface area contributed by atoms with Gasteiger partial charge in [0.2, 0.25) is 0 Å². The maximum Gasteiger partial charge on any atom is 0.122 e. The first kappa shape index (κ1) is 14.1. The molecule has 0 amide bonds. The summed E-state index contributed by atoms with van der Waals surface area (Å²) in [6, 6.07) is 8.54. The average molecular weight is 262 g/mol. The second-order valence-electron chi connectivity index (χ2n) is 4.43. The summed E-state index contributed by atoms with van der Waals surface area (Å²) in [5.41, 5.74) is 2.53. The number of nitrogens with zero attached hydrogens (tertiary/aromatic N) is 1. The summed E-state index contributed by atoms with van der Waals surface area (Å²) >= 11 is 0. The molecule has 19 heavy (non-hydrogen) atoms. The van der Waals surface area contributed by atoms with Crippen LogP contribution in [-0.2, 0) is 22.7 Å². The van der Waals surface area contributed by atoms with Crippen molar-refractivity contribution in [3.05, 3.63) is 36.0 Å². The molecule has 0 aliphatic heterocycles. The van der Waals surface area contributed by atoms with Gasteiger partial charge >= 0.3 is 0 Å². The Morgan fingerprint density at radius 1 is 1.26 bits per heavy atom. The lowest BCUT2D eigenvalue weighted by molar-refractivity contribution is 0.0909. The van der Waals surface area contributed by atoms with Crippen LogP contribution in [0.1, 0.15) is 12.5 Å². The summed E-state index contributed by atoms with van der Waals surface area (Å²) < 4.78 is 12.6. The zero-order valence-electron chi connectivity index (χ0n) is 11.7. The number of hydrogen-bond donors (Lipinski definition) is 1. The lowest BCUT2D eigenvalue weighted by atomic mass is 10.1. The summed E-state index contributed by atoms with van der Waals surface area (Å²) in [4.78, 5) is 0. The highest BCUT2D eigenvalue weighted by Crippen LogP contribution is 2.20. The molecular weight excluding hydrogens is 240 g/mol. The Bertz CT molecular complexity index is 508. The monoisotopic (exact) mass is 262 g/mol. The largest absolute Gasteiger partial charge is 0.383 e. The van der Waals surface area contributed by atoms with E-state index in [1.165, 1.54) is 16.5 Å². The summed E-state index contributed by atoms with van der Waals surface area (Å²) in [5.74, 6) is 0. The minimum Gasteiger partial charge on any atom is -0.383 e. The predicted octanol–water partition coefficient (Wildman–Crippen LogP) is 2.37. The molecule has 0 aliphatic carbocycles. The van der Waals surface area contributed by atoms with E-state index in [4.69, 9.17) is 9.47 Å². The van der Waals surface area contributed by atoms with E-state index in [1.807, 2.05) is 6.92 Å². The van der Waals surface area contributed by atoms with E-state index in [0.717, 1.165) is 26.3 Å². The van der Waals surface area contributed by atoms with Crippen molar-refractivity contribution in [1.29, 1.82) is 0 Å². The van der Waals surface area contributed by atoms with E-state index in [-0.39, 0.29) is 0 Å². The van der Waals surface area contributed by atoms with Crippen molar-refractivity contribution in [2.75, 3.05) is 26.9 Å².